The Morgan fingerprint density at radius 3 is 2.53 bits per heavy atom. The van der Waals surface area contributed by atoms with Crippen LogP contribution in [0.5, 0.6) is 11.5 Å². The van der Waals surface area contributed by atoms with Gasteiger partial charge in [0.2, 0.25) is 18.1 Å². The Balaban J connectivity index is 1.60. The van der Waals surface area contributed by atoms with Crippen molar-refractivity contribution in [3.8, 4) is 11.5 Å². The molecule has 0 spiro atoms. The highest BCUT2D eigenvalue weighted by atomic mass is 16.7. The molecule has 9 nitrogen and oxygen atoms in total. The molecule has 2 N–H and O–H groups in total. The van der Waals surface area contributed by atoms with Gasteiger partial charge in [0.25, 0.3) is 5.91 Å². The van der Waals surface area contributed by atoms with E-state index in [1.165, 1.54) is 6.20 Å². The molecule has 2 amide bonds. The maximum Gasteiger partial charge on any atom is 0.257 e. The summed E-state index contributed by atoms with van der Waals surface area (Å²) < 4.78 is 12.7. The van der Waals surface area contributed by atoms with Gasteiger partial charge in [0.15, 0.2) is 11.5 Å². The number of fused-ring (bicyclic) bond motifs is 2. The molecule has 9 heteroatoms. The van der Waals surface area contributed by atoms with Gasteiger partial charge in [-0.05, 0) is 45.6 Å². The quantitative estimate of drug-likeness (QED) is 0.421. The van der Waals surface area contributed by atoms with Crippen LogP contribution in [-0.4, -0.2) is 61.3 Å². The van der Waals surface area contributed by atoms with Crippen LogP contribution >= 0.6 is 0 Å². The van der Waals surface area contributed by atoms with Crippen LogP contribution in [0.2, 0.25) is 0 Å². The second-order valence-electron chi connectivity index (χ2n) is 9.04. The molecule has 190 valence electrons. The van der Waals surface area contributed by atoms with E-state index in [0.717, 1.165) is 18.5 Å². The topological polar surface area (TPSA) is 102 Å². The van der Waals surface area contributed by atoms with Crippen LogP contribution in [-0.2, 0) is 17.8 Å². The van der Waals surface area contributed by atoms with Gasteiger partial charge in [0.1, 0.15) is 11.6 Å². The lowest BCUT2D eigenvalue weighted by Crippen LogP contribution is -2.49. The maximum atomic E-state index is 13.4. The molecule has 0 saturated heterocycles. The average Bonchev–Trinajstić information content (AvgIpc) is 3.33. The summed E-state index contributed by atoms with van der Waals surface area (Å²) in [5, 5.41) is 6.09. The highest BCUT2D eigenvalue weighted by molar-refractivity contribution is 6.00. The fraction of sp³-hybridized carbons (Fsp3) is 0.370. The van der Waals surface area contributed by atoms with E-state index in [1.807, 2.05) is 60.8 Å². The first-order valence-electron chi connectivity index (χ1n) is 12.1. The Morgan fingerprint density at radius 1 is 1.11 bits per heavy atom. The van der Waals surface area contributed by atoms with Crippen molar-refractivity contribution in [2.45, 2.75) is 32.4 Å². The van der Waals surface area contributed by atoms with Crippen molar-refractivity contribution >= 4 is 22.7 Å². The van der Waals surface area contributed by atoms with Crippen LogP contribution in [0, 0.1) is 0 Å². The highest BCUT2D eigenvalue weighted by Crippen LogP contribution is 2.35. The van der Waals surface area contributed by atoms with E-state index >= 15 is 0 Å². The first-order valence-corrected chi connectivity index (χ1v) is 12.1. The van der Waals surface area contributed by atoms with E-state index in [2.05, 4.69) is 10.6 Å². The third-order valence-electron chi connectivity index (χ3n) is 6.15. The number of hydrogen-bond acceptors (Lipinski definition) is 6. The Bertz CT molecular complexity index is 1300. The van der Waals surface area contributed by atoms with Crippen LogP contribution in [0.25, 0.3) is 10.9 Å². The van der Waals surface area contributed by atoms with Crippen LogP contribution in [0.15, 0.2) is 53.5 Å². The molecule has 1 aliphatic rings. The molecular formula is C27H32N4O5. The zero-order valence-corrected chi connectivity index (χ0v) is 20.9. The lowest BCUT2D eigenvalue weighted by molar-refractivity contribution is -0.122. The van der Waals surface area contributed by atoms with E-state index in [0.29, 0.717) is 41.9 Å². The Morgan fingerprint density at radius 2 is 1.83 bits per heavy atom. The molecule has 4 rings (SSSR count). The van der Waals surface area contributed by atoms with E-state index < -0.39 is 17.4 Å². The van der Waals surface area contributed by atoms with Gasteiger partial charge in [-0.2, -0.15) is 0 Å². The van der Waals surface area contributed by atoms with E-state index in [9.17, 15) is 14.4 Å². The number of carbonyl (C=O) groups excluding carboxylic acids is 2. The number of aryl methyl sites for hydroxylation is 1. The number of amides is 2. The number of nitrogens with zero attached hydrogens (tertiary/aromatic N) is 2. The van der Waals surface area contributed by atoms with Crippen molar-refractivity contribution in [3.63, 3.8) is 0 Å². The standard InChI is InChI=1S/C27H32N4O5/c1-4-31-16-20(25(32)19-14-23-24(15-22(19)31)36-17-35-23)26(33)29-21(13-18-9-6-5-7-10-18)27(34)28-11-8-12-30(2)3/h5-7,9-10,14-16,21H,4,8,11-13,17H2,1-3H3,(H,28,34)(H,29,33)/t21-/m1/s1. The third-order valence-corrected chi connectivity index (χ3v) is 6.15. The molecule has 36 heavy (non-hydrogen) atoms. The molecule has 0 bridgehead atoms. The number of hydrogen-bond donors (Lipinski definition) is 2. The molecular weight excluding hydrogens is 460 g/mol. The minimum Gasteiger partial charge on any atom is -0.454 e. The highest BCUT2D eigenvalue weighted by Gasteiger charge is 2.25. The van der Waals surface area contributed by atoms with E-state index in [4.69, 9.17) is 9.47 Å². The van der Waals surface area contributed by atoms with Gasteiger partial charge in [-0.3, -0.25) is 14.4 Å². The largest absolute Gasteiger partial charge is 0.454 e. The average molecular weight is 493 g/mol. The van der Waals surface area contributed by atoms with Crippen LogP contribution < -0.4 is 25.5 Å². The minimum absolute atomic E-state index is 0.0262. The molecule has 2 heterocycles. The summed E-state index contributed by atoms with van der Waals surface area (Å²) in [4.78, 5) is 41.8. The number of pyridine rings is 1. The number of aromatic nitrogens is 1. The minimum atomic E-state index is -0.832. The molecule has 0 fully saturated rings. The fourth-order valence-corrected chi connectivity index (χ4v) is 4.23. The Labute approximate surface area is 210 Å². The fourth-order valence-electron chi connectivity index (χ4n) is 4.23. The first-order chi connectivity index (χ1) is 17.4. The van der Waals surface area contributed by atoms with Crippen molar-refractivity contribution in [1.29, 1.82) is 0 Å². The van der Waals surface area contributed by atoms with Gasteiger partial charge < -0.3 is 29.6 Å². The van der Waals surface area contributed by atoms with Crippen LogP contribution in [0.3, 0.4) is 0 Å². The number of ether oxygens (including phenoxy) is 2. The smallest absolute Gasteiger partial charge is 0.257 e. The number of carbonyl (C=O) groups is 2. The zero-order chi connectivity index (χ0) is 25.7. The molecule has 1 atom stereocenters. The monoisotopic (exact) mass is 492 g/mol. The summed E-state index contributed by atoms with van der Waals surface area (Å²) in [5.74, 6) is 0.158. The SMILES string of the molecule is CCn1cc(C(=O)N[C@H](Cc2ccccc2)C(=O)NCCCN(C)C)c(=O)c2cc3c(cc21)OCO3. The summed E-state index contributed by atoms with van der Waals surface area (Å²) in [6.45, 7) is 3.88. The predicted molar refractivity (Wildman–Crippen MR) is 138 cm³/mol. The summed E-state index contributed by atoms with van der Waals surface area (Å²) in [6, 6.07) is 12.0. The third kappa shape index (κ3) is 5.68. The van der Waals surface area contributed by atoms with Crippen molar-refractivity contribution in [1.82, 2.24) is 20.1 Å². The van der Waals surface area contributed by atoms with Crippen molar-refractivity contribution < 1.29 is 19.1 Å². The lowest BCUT2D eigenvalue weighted by atomic mass is 10.0. The van der Waals surface area contributed by atoms with Crippen molar-refractivity contribution in [2.24, 2.45) is 0 Å². The normalized spacial score (nSPS) is 13.1. The van der Waals surface area contributed by atoms with Gasteiger partial charge in [0, 0.05) is 31.8 Å². The van der Waals surface area contributed by atoms with E-state index in [1.54, 1.807) is 12.1 Å². The molecule has 3 aromatic rings. The van der Waals surface area contributed by atoms with Gasteiger partial charge in [0.05, 0.1) is 10.9 Å². The van der Waals surface area contributed by atoms with Crippen LogP contribution in [0.1, 0.15) is 29.3 Å². The van der Waals surface area contributed by atoms with Crippen molar-refractivity contribution in [2.75, 3.05) is 34.0 Å². The van der Waals surface area contributed by atoms with Gasteiger partial charge in [-0.1, -0.05) is 30.3 Å². The maximum absolute atomic E-state index is 13.4. The first kappa shape index (κ1) is 25.2. The number of rotatable bonds is 10. The molecule has 0 saturated carbocycles. The van der Waals surface area contributed by atoms with Gasteiger partial charge >= 0.3 is 0 Å². The zero-order valence-electron chi connectivity index (χ0n) is 20.9. The molecule has 0 aliphatic carbocycles. The Hall–Kier alpha value is -3.85. The number of nitrogens with one attached hydrogen (secondary N) is 2. The van der Waals surface area contributed by atoms with Gasteiger partial charge in [-0.25, -0.2) is 0 Å². The molecule has 2 aromatic carbocycles. The summed E-state index contributed by atoms with van der Waals surface area (Å²) in [6.07, 6.45) is 2.63. The summed E-state index contributed by atoms with van der Waals surface area (Å²) >= 11 is 0. The second kappa shape index (κ2) is 11.3. The molecule has 1 aromatic heterocycles. The summed E-state index contributed by atoms with van der Waals surface area (Å²) in [7, 11) is 3.95. The number of benzene rings is 2. The Kier molecular flexibility index (Phi) is 7.90. The van der Waals surface area contributed by atoms with Crippen LogP contribution in [0.4, 0.5) is 0 Å². The summed E-state index contributed by atoms with van der Waals surface area (Å²) in [5.41, 5.74) is 1.11. The lowest BCUT2D eigenvalue weighted by Gasteiger charge is -2.20. The predicted octanol–water partition coefficient (Wildman–Crippen LogP) is 2.16. The van der Waals surface area contributed by atoms with Gasteiger partial charge in [-0.15, -0.1) is 0 Å². The van der Waals surface area contributed by atoms with E-state index in [-0.39, 0.29) is 18.3 Å². The van der Waals surface area contributed by atoms with Crippen molar-refractivity contribution in [3.05, 3.63) is 70.0 Å². The second-order valence-corrected chi connectivity index (χ2v) is 9.04. The molecule has 0 radical (unpaired) electrons. The molecule has 1 aliphatic heterocycles. The molecule has 0 unspecified atom stereocenters.